The van der Waals surface area contributed by atoms with Crippen molar-refractivity contribution in [2.75, 3.05) is 6.61 Å². The summed E-state index contributed by atoms with van der Waals surface area (Å²) in [4.78, 5) is 0. The zero-order chi connectivity index (χ0) is 24.5. The zero-order valence-electron chi connectivity index (χ0n) is 20.5. The van der Waals surface area contributed by atoms with Gasteiger partial charge in [-0.15, -0.1) is 0 Å². The number of benzene rings is 2. The van der Waals surface area contributed by atoms with Crippen molar-refractivity contribution in [3.63, 3.8) is 0 Å². The van der Waals surface area contributed by atoms with Gasteiger partial charge in [-0.25, -0.2) is 0 Å². The van der Waals surface area contributed by atoms with Crippen LogP contribution in [0.4, 0.5) is 0 Å². The van der Waals surface area contributed by atoms with Crippen LogP contribution < -0.4 is 0 Å². The summed E-state index contributed by atoms with van der Waals surface area (Å²) in [5, 5.41) is 34.0. The molecule has 1 aromatic heterocycles. The first-order valence-electron chi connectivity index (χ1n) is 11.9. The second-order valence-corrected chi connectivity index (χ2v) is 15.9. The normalized spacial score (nSPS) is 21.7. The molecule has 1 saturated heterocycles. The molecule has 2 atom stereocenters. The van der Waals surface area contributed by atoms with Crippen molar-refractivity contribution in [2.24, 2.45) is 0 Å². The third-order valence-electron chi connectivity index (χ3n) is 8.15. The molecule has 1 fully saturated rings. The number of ether oxygens (including phenoxy) is 1. The average molecular weight is 477 g/mol. The van der Waals surface area contributed by atoms with E-state index in [2.05, 4.69) is 39.9 Å². The number of aromatic hydroxyl groups is 2. The monoisotopic (exact) mass is 476 g/mol. The minimum Gasteiger partial charge on any atom is -0.494 e. The molecule has 2 bridgehead atoms. The average Bonchev–Trinajstić information content (AvgIpc) is 3.42. The van der Waals surface area contributed by atoms with Crippen LogP contribution in [-0.4, -0.2) is 29.7 Å². The summed E-state index contributed by atoms with van der Waals surface area (Å²) in [6.07, 6.45) is 1.99. The molecule has 0 aliphatic carbocycles. The lowest BCUT2D eigenvalue weighted by Crippen LogP contribution is -2.41. The van der Waals surface area contributed by atoms with Crippen LogP contribution in [0.3, 0.4) is 0 Å². The third-order valence-corrected chi connectivity index (χ3v) is 12.7. The maximum Gasteiger partial charge on any atom is 0.205 e. The SMILES string of the molecule is CC(C)(C)[Si](C)(C)OCC[C@@]12CC[C@@H](O1)c1c2c(O)n(-c2ccc(C#N)c3ccccc23)c1O. The molecule has 0 amide bonds. The lowest BCUT2D eigenvalue weighted by atomic mass is 9.82. The molecule has 178 valence electrons. The van der Waals surface area contributed by atoms with Gasteiger partial charge in [0.05, 0.1) is 34.6 Å². The first-order chi connectivity index (χ1) is 16.0. The highest BCUT2D eigenvalue weighted by molar-refractivity contribution is 6.74. The highest BCUT2D eigenvalue weighted by Gasteiger charge is 2.56. The van der Waals surface area contributed by atoms with Crippen molar-refractivity contribution in [1.82, 2.24) is 4.57 Å². The molecular formula is C27H32N2O4Si. The van der Waals surface area contributed by atoms with Crippen LogP contribution in [0.1, 0.15) is 62.8 Å². The van der Waals surface area contributed by atoms with Crippen molar-refractivity contribution in [3.8, 4) is 23.5 Å². The van der Waals surface area contributed by atoms with Crippen molar-refractivity contribution < 1.29 is 19.4 Å². The molecule has 2 aromatic carbocycles. The Kier molecular flexibility index (Phi) is 5.14. The second kappa shape index (κ2) is 7.61. The van der Waals surface area contributed by atoms with Crippen LogP contribution in [0.25, 0.3) is 16.5 Å². The summed E-state index contributed by atoms with van der Waals surface area (Å²) in [6.45, 7) is 11.7. The Labute approximate surface area is 201 Å². The van der Waals surface area contributed by atoms with Crippen molar-refractivity contribution in [2.45, 2.75) is 69.9 Å². The Hall–Kier alpha value is -2.79. The number of nitriles is 1. The predicted octanol–water partition coefficient (Wildman–Crippen LogP) is 6.39. The van der Waals surface area contributed by atoms with E-state index in [-0.39, 0.29) is 22.9 Å². The van der Waals surface area contributed by atoms with Crippen LogP contribution in [0.2, 0.25) is 18.1 Å². The summed E-state index contributed by atoms with van der Waals surface area (Å²) >= 11 is 0. The number of fused-ring (bicyclic) bond motifs is 6. The number of aromatic nitrogens is 1. The van der Waals surface area contributed by atoms with Gasteiger partial charge in [0.2, 0.25) is 11.8 Å². The molecule has 2 aliphatic heterocycles. The van der Waals surface area contributed by atoms with Crippen LogP contribution in [0, 0.1) is 11.3 Å². The van der Waals surface area contributed by atoms with Crippen LogP contribution in [0.15, 0.2) is 36.4 Å². The third kappa shape index (κ3) is 3.20. The molecule has 34 heavy (non-hydrogen) atoms. The van der Waals surface area contributed by atoms with Gasteiger partial charge in [0, 0.05) is 23.8 Å². The largest absolute Gasteiger partial charge is 0.494 e. The summed E-state index contributed by atoms with van der Waals surface area (Å²) in [5.41, 5.74) is 1.92. The Morgan fingerprint density at radius 3 is 2.53 bits per heavy atom. The number of hydrogen-bond donors (Lipinski definition) is 2. The molecule has 6 nitrogen and oxygen atoms in total. The molecule has 0 saturated carbocycles. The van der Waals surface area contributed by atoms with Crippen molar-refractivity contribution in [3.05, 3.63) is 53.1 Å². The first-order valence-corrected chi connectivity index (χ1v) is 14.8. The maximum absolute atomic E-state index is 11.5. The molecule has 0 radical (unpaired) electrons. The van der Waals surface area contributed by atoms with Gasteiger partial charge >= 0.3 is 0 Å². The Bertz CT molecular complexity index is 1330. The van der Waals surface area contributed by atoms with Crippen molar-refractivity contribution >= 4 is 19.1 Å². The number of rotatable bonds is 5. The van der Waals surface area contributed by atoms with E-state index in [1.807, 2.05) is 24.3 Å². The van der Waals surface area contributed by atoms with E-state index in [1.54, 1.807) is 12.1 Å². The fourth-order valence-electron chi connectivity index (χ4n) is 5.26. The standard InChI is InChI=1S/C27H32N2O4Si/c1-26(2,3)34(4,5)32-15-14-27-13-12-21(33-27)22-23(27)25(31)29(24(22)30)20-11-10-17(16-28)18-8-6-7-9-19(18)20/h6-11,21,30-31H,12-15H2,1-5H3/t21-,27-/m1/s1. The Morgan fingerprint density at radius 1 is 1.15 bits per heavy atom. The molecule has 2 aliphatic rings. The minimum atomic E-state index is -1.91. The minimum absolute atomic E-state index is 0.0110. The fraction of sp³-hybridized carbons (Fsp3) is 0.444. The molecule has 0 spiro atoms. The van der Waals surface area contributed by atoms with Gasteiger partial charge in [-0.2, -0.15) is 5.26 Å². The van der Waals surface area contributed by atoms with Gasteiger partial charge in [0.1, 0.15) is 5.60 Å². The zero-order valence-corrected chi connectivity index (χ0v) is 21.5. The molecule has 2 N–H and O–H groups in total. The second-order valence-electron chi connectivity index (χ2n) is 11.1. The highest BCUT2D eigenvalue weighted by Crippen LogP contribution is 2.63. The van der Waals surface area contributed by atoms with Gasteiger partial charge in [-0.05, 0) is 43.1 Å². The Morgan fingerprint density at radius 2 is 1.85 bits per heavy atom. The summed E-state index contributed by atoms with van der Waals surface area (Å²) in [6, 6.07) is 13.3. The number of hydrogen-bond acceptors (Lipinski definition) is 5. The quantitative estimate of drug-likeness (QED) is 0.417. The molecule has 3 aromatic rings. The molecule has 3 heterocycles. The van der Waals surface area contributed by atoms with E-state index >= 15 is 0 Å². The van der Waals surface area contributed by atoms with E-state index in [0.29, 0.717) is 35.4 Å². The molecule has 7 heteroatoms. The van der Waals surface area contributed by atoms with Gasteiger partial charge in [0.25, 0.3) is 0 Å². The van der Waals surface area contributed by atoms with E-state index < -0.39 is 13.9 Å². The summed E-state index contributed by atoms with van der Waals surface area (Å²) in [7, 11) is -1.91. The lowest BCUT2D eigenvalue weighted by molar-refractivity contribution is -0.0377. The molecule has 5 rings (SSSR count). The van der Waals surface area contributed by atoms with Crippen LogP contribution >= 0.6 is 0 Å². The number of nitrogens with zero attached hydrogens (tertiary/aromatic N) is 2. The molecular weight excluding hydrogens is 444 g/mol. The smallest absolute Gasteiger partial charge is 0.205 e. The van der Waals surface area contributed by atoms with E-state index in [1.165, 1.54) is 4.57 Å². The first kappa shape index (κ1) is 23.0. The fourth-order valence-corrected chi connectivity index (χ4v) is 6.31. The van der Waals surface area contributed by atoms with E-state index in [9.17, 15) is 15.5 Å². The Balaban J connectivity index is 1.56. The summed E-state index contributed by atoms with van der Waals surface area (Å²) in [5.74, 6) is 0.0242. The van der Waals surface area contributed by atoms with E-state index in [0.717, 1.165) is 23.6 Å². The summed E-state index contributed by atoms with van der Waals surface area (Å²) < 4.78 is 14.4. The van der Waals surface area contributed by atoms with Crippen LogP contribution in [-0.2, 0) is 14.8 Å². The predicted molar refractivity (Wildman–Crippen MR) is 134 cm³/mol. The van der Waals surface area contributed by atoms with E-state index in [4.69, 9.17) is 9.16 Å². The highest BCUT2D eigenvalue weighted by atomic mass is 28.4. The maximum atomic E-state index is 11.5. The van der Waals surface area contributed by atoms with Gasteiger partial charge in [0.15, 0.2) is 8.32 Å². The topological polar surface area (TPSA) is 87.6 Å². The van der Waals surface area contributed by atoms with Crippen LogP contribution in [0.5, 0.6) is 11.8 Å². The van der Waals surface area contributed by atoms with Gasteiger partial charge < -0.3 is 19.4 Å². The van der Waals surface area contributed by atoms with Gasteiger partial charge in [-0.3, -0.25) is 4.57 Å². The van der Waals surface area contributed by atoms with Gasteiger partial charge in [-0.1, -0.05) is 45.0 Å². The van der Waals surface area contributed by atoms with Crippen molar-refractivity contribution in [1.29, 1.82) is 5.26 Å². The molecule has 0 unspecified atom stereocenters. The lowest BCUT2D eigenvalue weighted by Gasteiger charge is -2.37.